The van der Waals surface area contributed by atoms with Gasteiger partial charge in [-0.05, 0) is 12.5 Å². The van der Waals surface area contributed by atoms with E-state index in [2.05, 4.69) is 36.1 Å². The van der Waals surface area contributed by atoms with Crippen LogP contribution in [0, 0.1) is 0 Å². The molecule has 0 N–H and O–H groups in total. The molecular weight excluding hydrogens is 222 g/mol. The van der Waals surface area contributed by atoms with E-state index >= 15 is 0 Å². The van der Waals surface area contributed by atoms with Gasteiger partial charge in [-0.15, -0.1) is 11.6 Å². The van der Waals surface area contributed by atoms with Crippen LogP contribution >= 0.6 is 11.6 Å². The van der Waals surface area contributed by atoms with Gasteiger partial charge in [-0.1, -0.05) is 30.3 Å². The zero-order valence-corrected chi connectivity index (χ0v) is 10.8. The monoisotopic (exact) mass is 241 g/mol. The summed E-state index contributed by atoms with van der Waals surface area (Å²) in [5.74, 6) is 0.654. The Morgan fingerprint density at radius 2 is 2.00 bits per heavy atom. The van der Waals surface area contributed by atoms with Crippen LogP contribution in [-0.2, 0) is 11.3 Å². The Morgan fingerprint density at radius 1 is 1.31 bits per heavy atom. The molecule has 0 aliphatic carbocycles. The first-order valence-corrected chi connectivity index (χ1v) is 6.14. The van der Waals surface area contributed by atoms with E-state index in [1.165, 1.54) is 5.56 Å². The van der Waals surface area contributed by atoms with Crippen molar-refractivity contribution >= 4 is 11.6 Å². The lowest BCUT2D eigenvalue weighted by Gasteiger charge is -2.27. The van der Waals surface area contributed by atoms with Crippen molar-refractivity contribution in [3.63, 3.8) is 0 Å². The van der Waals surface area contributed by atoms with Gasteiger partial charge in [-0.25, -0.2) is 0 Å². The summed E-state index contributed by atoms with van der Waals surface area (Å²) in [6, 6.07) is 10.8. The molecule has 1 aromatic rings. The maximum Gasteiger partial charge on any atom is 0.0615 e. The van der Waals surface area contributed by atoms with Crippen molar-refractivity contribution < 1.29 is 4.74 Å². The van der Waals surface area contributed by atoms with Gasteiger partial charge >= 0.3 is 0 Å². The molecule has 0 saturated carbocycles. The molecule has 0 spiro atoms. The highest BCUT2D eigenvalue weighted by Crippen LogP contribution is 2.08. The lowest BCUT2D eigenvalue weighted by atomic mass is 10.2. The van der Waals surface area contributed by atoms with E-state index in [1.807, 2.05) is 6.07 Å². The maximum absolute atomic E-state index is 5.82. The van der Waals surface area contributed by atoms with Gasteiger partial charge in [-0.3, -0.25) is 4.90 Å². The van der Waals surface area contributed by atoms with E-state index < -0.39 is 0 Å². The summed E-state index contributed by atoms with van der Waals surface area (Å²) in [5, 5.41) is 0. The molecule has 0 aliphatic heterocycles. The van der Waals surface area contributed by atoms with Crippen LogP contribution in [0.2, 0.25) is 0 Å². The molecule has 1 unspecified atom stereocenters. The summed E-state index contributed by atoms with van der Waals surface area (Å²) >= 11 is 5.82. The predicted octanol–water partition coefficient (Wildman–Crippen LogP) is 2.76. The fourth-order valence-electron chi connectivity index (χ4n) is 1.73. The van der Waals surface area contributed by atoms with Gasteiger partial charge in [-0.2, -0.15) is 0 Å². The minimum Gasteiger partial charge on any atom is -0.383 e. The van der Waals surface area contributed by atoms with Gasteiger partial charge in [0.25, 0.3) is 0 Å². The average Bonchev–Trinajstić information content (AvgIpc) is 2.30. The number of alkyl halides is 1. The molecule has 0 bridgehead atoms. The molecule has 16 heavy (non-hydrogen) atoms. The van der Waals surface area contributed by atoms with Crippen molar-refractivity contribution in [1.29, 1.82) is 0 Å². The molecular formula is C13H20ClNO. The molecule has 90 valence electrons. The van der Waals surface area contributed by atoms with Crippen LogP contribution < -0.4 is 0 Å². The third kappa shape index (κ3) is 4.52. The molecule has 0 heterocycles. The number of hydrogen-bond donors (Lipinski definition) is 0. The topological polar surface area (TPSA) is 12.5 Å². The van der Waals surface area contributed by atoms with Gasteiger partial charge < -0.3 is 4.74 Å². The number of benzene rings is 1. The number of ether oxygens (including phenoxy) is 1. The summed E-state index contributed by atoms with van der Waals surface area (Å²) in [6.07, 6.45) is 0. The zero-order valence-electron chi connectivity index (χ0n) is 10.0. The number of halogens is 1. The summed E-state index contributed by atoms with van der Waals surface area (Å²) in [5.41, 5.74) is 1.32. The van der Waals surface area contributed by atoms with Crippen LogP contribution in [0.15, 0.2) is 30.3 Å². The largest absolute Gasteiger partial charge is 0.383 e. The van der Waals surface area contributed by atoms with Crippen LogP contribution in [0.25, 0.3) is 0 Å². The van der Waals surface area contributed by atoms with E-state index in [-0.39, 0.29) is 0 Å². The van der Waals surface area contributed by atoms with Crippen molar-refractivity contribution in [2.75, 3.05) is 26.1 Å². The second-order valence-corrected chi connectivity index (χ2v) is 4.33. The first kappa shape index (κ1) is 13.5. The highest BCUT2D eigenvalue weighted by atomic mass is 35.5. The zero-order chi connectivity index (χ0) is 11.8. The third-order valence-corrected chi connectivity index (χ3v) is 2.80. The average molecular weight is 242 g/mol. The lowest BCUT2D eigenvalue weighted by molar-refractivity contribution is 0.0987. The molecule has 3 heteroatoms. The standard InChI is InChI=1S/C13H20ClNO/c1-12(11-16-2)15(9-8-14)10-13-6-4-3-5-7-13/h3-7,12H,8-11H2,1-2H3. The van der Waals surface area contributed by atoms with Crippen LogP contribution in [0.5, 0.6) is 0 Å². The molecule has 0 aliphatic rings. The highest BCUT2D eigenvalue weighted by Gasteiger charge is 2.13. The minimum absolute atomic E-state index is 0.393. The first-order chi connectivity index (χ1) is 7.77. The quantitative estimate of drug-likeness (QED) is 0.681. The SMILES string of the molecule is COCC(C)N(CCCl)Cc1ccccc1. The van der Waals surface area contributed by atoms with E-state index in [9.17, 15) is 0 Å². The third-order valence-electron chi connectivity index (χ3n) is 2.63. The van der Waals surface area contributed by atoms with Gasteiger partial charge in [0, 0.05) is 32.1 Å². The van der Waals surface area contributed by atoms with E-state index in [0.29, 0.717) is 11.9 Å². The highest BCUT2D eigenvalue weighted by molar-refractivity contribution is 6.18. The molecule has 1 atom stereocenters. The van der Waals surface area contributed by atoms with Crippen LogP contribution in [0.1, 0.15) is 12.5 Å². The van der Waals surface area contributed by atoms with Crippen molar-refractivity contribution in [2.45, 2.75) is 19.5 Å². The molecule has 0 aromatic heterocycles. The predicted molar refractivity (Wildman–Crippen MR) is 68.9 cm³/mol. The Labute approximate surface area is 103 Å². The fraction of sp³-hybridized carbons (Fsp3) is 0.538. The molecule has 2 nitrogen and oxygen atoms in total. The fourth-order valence-corrected chi connectivity index (χ4v) is 1.95. The van der Waals surface area contributed by atoms with Gasteiger partial charge in [0.2, 0.25) is 0 Å². The van der Waals surface area contributed by atoms with Crippen LogP contribution in [0.3, 0.4) is 0 Å². The second-order valence-electron chi connectivity index (χ2n) is 3.95. The lowest BCUT2D eigenvalue weighted by Crippen LogP contribution is -2.37. The molecule has 0 radical (unpaired) electrons. The minimum atomic E-state index is 0.393. The number of methoxy groups -OCH3 is 1. The smallest absolute Gasteiger partial charge is 0.0615 e. The summed E-state index contributed by atoms with van der Waals surface area (Å²) in [6.45, 7) is 4.72. The number of hydrogen-bond acceptors (Lipinski definition) is 2. The van der Waals surface area contributed by atoms with Crippen molar-refractivity contribution in [1.82, 2.24) is 4.90 Å². The first-order valence-electron chi connectivity index (χ1n) is 5.60. The molecule has 0 saturated heterocycles. The molecule has 1 rings (SSSR count). The molecule has 0 amide bonds. The Morgan fingerprint density at radius 3 is 2.56 bits per heavy atom. The Bertz CT molecular complexity index is 279. The van der Waals surface area contributed by atoms with Gasteiger partial charge in [0.05, 0.1) is 6.61 Å². The Kier molecular flexibility index (Phi) is 6.46. The summed E-state index contributed by atoms with van der Waals surface area (Å²) in [4.78, 5) is 2.34. The normalized spacial score (nSPS) is 13.0. The Hall–Kier alpha value is -0.570. The number of rotatable bonds is 7. The van der Waals surface area contributed by atoms with Crippen molar-refractivity contribution in [3.8, 4) is 0 Å². The molecule has 1 aromatic carbocycles. The maximum atomic E-state index is 5.82. The number of nitrogens with zero attached hydrogens (tertiary/aromatic N) is 1. The summed E-state index contributed by atoms with van der Waals surface area (Å²) < 4.78 is 5.18. The van der Waals surface area contributed by atoms with Crippen LogP contribution in [-0.4, -0.2) is 37.1 Å². The van der Waals surface area contributed by atoms with E-state index in [0.717, 1.165) is 19.7 Å². The van der Waals surface area contributed by atoms with E-state index in [4.69, 9.17) is 16.3 Å². The van der Waals surface area contributed by atoms with Gasteiger partial charge in [0.15, 0.2) is 0 Å². The molecule has 0 fully saturated rings. The van der Waals surface area contributed by atoms with Crippen molar-refractivity contribution in [2.24, 2.45) is 0 Å². The summed E-state index contributed by atoms with van der Waals surface area (Å²) in [7, 11) is 1.73. The van der Waals surface area contributed by atoms with E-state index in [1.54, 1.807) is 7.11 Å². The van der Waals surface area contributed by atoms with Crippen molar-refractivity contribution in [3.05, 3.63) is 35.9 Å². The van der Waals surface area contributed by atoms with Crippen LogP contribution in [0.4, 0.5) is 0 Å². The Balaban J connectivity index is 2.57. The van der Waals surface area contributed by atoms with Gasteiger partial charge in [0.1, 0.15) is 0 Å². The second kappa shape index (κ2) is 7.66.